The Bertz CT molecular complexity index is 1150. The summed E-state index contributed by atoms with van der Waals surface area (Å²) in [5, 5.41) is 3.02. The van der Waals surface area contributed by atoms with E-state index in [4.69, 9.17) is 16.5 Å². The summed E-state index contributed by atoms with van der Waals surface area (Å²) in [5.74, 6) is -0.512. The fraction of sp³-hybridized carbons (Fsp3) is 0.269. The van der Waals surface area contributed by atoms with E-state index in [2.05, 4.69) is 19.2 Å². The summed E-state index contributed by atoms with van der Waals surface area (Å²) in [7, 11) is 0. The van der Waals surface area contributed by atoms with Crippen LogP contribution in [-0.2, 0) is 13.0 Å². The molecule has 0 atom stereocenters. The standard InChI is InChI=1S/C26H30N4O2/c1-15(2)12-22-21(14-27)23(18-10-8-16(3)9-11-18)24(17(4)29-22)30-26(32)20-7-5-6-19(13-20)25(28)31/h5-11,13,15H,12,14,27H2,1-4H3,(H2,28,31)(H,30,32). The number of amides is 2. The second kappa shape index (κ2) is 9.75. The third-order valence-electron chi connectivity index (χ3n) is 5.36. The van der Waals surface area contributed by atoms with Crippen LogP contribution < -0.4 is 16.8 Å². The highest BCUT2D eigenvalue weighted by atomic mass is 16.2. The predicted molar refractivity (Wildman–Crippen MR) is 128 cm³/mol. The minimum atomic E-state index is -0.582. The third-order valence-corrected chi connectivity index (χ3v) is 5.36. The van der Waals surface area contributed by atoms with Crippen molar-refractivity contribution in [1.29, 1.82) is 0 Å². The molecule has 6 heteroatoms. The second-order valence-corrected chi connectivity index (χ2v) is 8.44. The first-order valence-corrected chi connectivity index (χ1v) is 10.7. The van der Waals surface area contributed by atoms with Crippen LogP contribution in [0.4, 0.5) is 5.69 Å². The zero-order chi connectivity index (χ0) is 23.4. The molecule has 0 spiro atoms. The van der Waals surface area contributed by atoms with E-state index in [1.54, 1.807) is 18.2 Å². The van der Waals surface area contributed by atoms with Gasteiger partial charge in [-0.3, -0.25) is 14.6 Å². The molecule has 0 fully saturated rings. The Hall–Kier alpha value is -3.51. The van der Waals surface area contributed by atoms with Gasteiger partial charge in [0.25, 0.3) is 5.91 Å². The number of aryl methyl sites for hydroxylation is 2. The maximum absolute atomic E-state index is 13.1. The van der Waals surface area contributed by atoms with Crippen LogP contribution in [-0.4, -0.2) is 16.8 Å². The molecule has 0 saturated carbocycles. The first-order valence-electron chi connectivity index (χ1n) is 10.7. The maximum Gasteiger partial charge on any atom is 0.255 e. The van der Waals surface area contributed by atoms with E-state index in [0.717, 1.165) is 34.4 Å². The van der Waals surface area contributed by atoms with Crippen LogP contribution in [0.15, 0.2) is 48.5 Å². The number of nitrogens with two attached hydrogens (primary N) is 2. The van der Waals surface area contributed by atoms with Crippen LogP contribution in [0, 0.1) is 19.8 Å². The van der Waals surface area contributed by atoms with Crippen LogP contribution in [0.25, 0.3) is 11.1 Å². The Morgan fingerprint density at radius 3 is 2.28 bits per heavy atom. The van der Waals surface area contributed by atoms with E-state index in [-0.39, 0.29) is 11.5 Å². The SMILES string of the molecule is Cc1ccc(-c2c(CN)c(CC(C)C)nc(C)c2NC(=O)c2cccc(C(N)=O)c2)cc1. The monoisotopic (exact) mass is 430 g/mol. The fourth-order valence-electron chi connectivity index (χ4n) is 3.77. The Labute approximate surface area is 189 Å². The van der Waals surface area contributed by atoms with Crippen molar-refractivity contribution in [3.05, 3.63) is 82.2 Å². The van der Waals surface area contributed by atoms with Crippen LogP contribution in [0.1, 0.15) is 57.1 Å². The molecule has 5 N–H and O–H groups in total. The molecule has 32 heavy (non-hydrogen) atoms. The quantitative estimate of drug-likeness (QED) is 0.517. The zero-order valence-electron chi connectivity index (χ0n) is 19.0. The molecule has 166 valence electrons. The van der Waals surface area contributed by atoms with Gasteiger partial charge in [0.15, 0.2) is 0 Å². The number of anilines is 1. The van der Waals surface area contributed by atoms with Gasteiger partial charge in [-0.05, 0) is 55.5 Å². The zero-order valence-corrected chi connectivity index (χ0v) is 19.0. The Kier molecular flexibility index (Phi) is 7.05. The average Bonchev–Trinajstić information content (AvgIpc) is 2.75. The highest BCUT2D eigenvalue weighted by Crippen LogP contribution is 2.36. The van der Waals surface area contributed by atoms with E-state index in [1.165, 1.54) is 6.07 Å². The summed E-state index contributed by atoms with van der Waals surface area (Å²) < 4.78 is 0. The van der Waals surface area contributed by atoms with Gasteiger partial charge < -0.3 is 16.8 Å². The molecule has 1 heterocycles. The van der Waals surface area contributed by atoms with Crippen molar-refractivity contribution in [2.24, 2.45) is 17.4 Å². The van der Waals surface area contributed by atoms with Crippen LogP contribution >= 0.6 is 0 Å². The average molecular weight is 431 g/mol. The number of nitrogens with zero attached hydrogens (tertiary/aromatic N) is 1. The number of carbonyl (C=O) groups excluding carboxylic acids is 2. The van der Waals surface area contributed by atoms with Crippen molar-refractivity contribution < 1.29 is 9.59 Å². The molecule has 0 aliphatic rings. The van der Waals surface area contributed by atoms with E-state index in [9.17, 15) is 9.59 Å². The van der Waals surface area contributed by atoms with Gasteiger partial charge in [0, 0.05) is 28.9 Å². The van der Waals surface area contributed by atoms with Crippen molar-refractivity contribution in [3.8, 4) is 11.1 Å². The van der Waals surface area contributed by atoms with Gasteiger partial charge in [0.1, 0.15) is 0 Å². The molecule has 3 aromatic rings. The summed E-state index contributed by atoms with van der Waals surface area (Å²) in [4.78, 5) is 29.5. The number of primary amides is 1. The van der Waals surface area contributed by atoms with E-state index < -0.39 is 5.91 Å². The van der Waals surface area contributed by atoms with Crippen LogP contribution in [0.3, 0.4) is 0 Å². The van der Waals surface area contributed by atoms with Gasteiger partial charge in [-0.2, -0.15) is 0 Å². The lowest BCUT2D eigenvalue weighted by Crippen LogP contribution is -2.19. The summed E-state index contributed by atoms with van der Waals surface area (Å²) in [6.07, 6.45) is 0.793. The second-order valence-electron chi connectivity index (χ2n) is 8.44. The molecule has 2 aromatic carbocycles. The first kappa shape index (κ1) is 23.2. The fourth-order valence-corrected chi connectivity index (χ4v) is 3.77. The van der Waals surface area contributed by atoms with Gasteiger partial charge in [0.2, 0.25) is 5.91 Å². The van der Waals surface area contributed by atoms with Gasteiger partial charge in [-0.15, -0.1) is 0 Å². The molecular formula is C26H30N4O2. The van der Waals surface area contributed by atoms with Gasteiger partial charge in [0.05, 0.1) is 11.4 Å². The van der Waals surface area contributed by atoms with Crippen molar-refractivity contribution in [2.45, 2.75) is 40.7 Å². The van der Waals surface area contributed by atoms with Crippen LogP contribution in [0.2, 0.25) is 0 Å². The lowest BCUT2D eigenvalue weighted by atomic mass is 9.92. The number of carbonyl (C=O) groups is 2. The summed E-state index contributed by atoms with van der Waals surface area (Å²) in [5.41, 5.74) is 18.4. The van der Waals surface area contributed by atoms with E-state index >= 15 is 0 Å². The lowest BCUT2D eigenvalue weighted by molar-refractivity contribution is 0.1000. The van der Waals surface area contributed by atoms with E-state index in [0.29, 0.717) is 29.4 Å². The topological polar surface area (TPSA) is 111 Å². The predicted octanol–water partition coefficient (Wildman–Crippen LogP) is 4.37. The minimum Gasteiger partial charge on any atom is -0.366 e. The molecule has 6 nitrogen and oxygen atoms in total. The molecule has 1 aromatic heterocycles. The van der Waals surface area contributed by atoms with Crippen LogP contribution in [0.5, 0.6) is 0 Å². The Morgan fingerprint density at radius 1 is 1.03 bits per heavy atom. The number of benzene rings is 2. The van der Waals surface area contributed by atoms with Crippen molar-refractivity contribution in [2.75, 3.05) is 5.32 Å². The first-order chi connectivity index (χ1) is 15.2. The van der Waals surface area contributed by atoms with Crippen molar-refractivity contribution in [1.82, 2.24) is 4.98 Å². The Balaban J connectivity index is 2.15. The van der Waals surface area contributed by atoms with Gasteiger partial charge in [-0.25, -0.2) is 0 Å². The maximum atomic E-state index is 13.1. The van der Waals surface area contributed by atoms with E-state index in [1.807, 2.05) is 38.1 Å². The highest BCUT2D eigenvalue weighted by molar-refractivity contribution is 6.08. The van der Waals surface area contributed by atoms with Gasteiger partial charge in [-0.1, -0.05) is 49.7 Å². The molecule has 0 unspecified atom stereocenters. The largest absolute Gasteiger partial charge is 0.366 e. The third kappa shape index (κ3) is 5.03. The summed E-state index contributed by atoms with van der Waals surface area (Å²) in [6, 6.07) is 14.5. The number of pyridine rings is 1. The molecule has 0 aliphatic heterocycles. The Morgan fingerprint density at radius 2 is 1.69 bits per heavy atom. The van der Waals surface area contributed by atoms with Crippen molar-refractivity contribution in [3.63, 3.8) is 0 Å². The molecular weight excluding hydrogens is 400 g/mol. The summed E-state index contributed by atoms with van der Waals surface area (Å²) >= 11 is 0. The number of rotatable bonds is 7. The minimum absolute atomic E-state index is 0.279. The number of hydrogen-bond donors (Lipinski definition) is 3. The summed E-state index contributed by atoms with van der Waals surface area (Å²) in [6.45, 7) is 8.51. The molecule has 0 radical (unpaired) electrons. The highest BCUT2D eigenvalue weighted by Gasteiger charge is 2.21. The van der Waals surface area contributed by atoms with Crippen molar-refractivity contribution >= 4 is 17.5 Å². The number of aromatic nitrogens is 1. The lowest BCUT2D eigenvalue weighted by Gasteiger charge is -2.21. The molecule has 2 amide bonds. The molecule has 3 rings (SSSR count). The number of nitrogens with one attached hydrogen (secondary N) is 1. The molecule has 0 saturated heterocycles. The molecule has 0 aliphatic carbocycles. The molecule has 0 bridgehead atoms. The smallest absolute Gasteiger partial charge is 0.255 e. The van der Waals surface area contributed by atoms with Gasteiger partial charge >= 0.3 is 0 Å². The number of hydrogen-bond acceptors (Lipinski definition) is 4. The normalized spacial score (nSPS) is 10.9.